The van der Waals surface area contributed by atoms with E-state index in [0.29, 0.717) is 16.9 Å². The van der Waals surface area contributed by atoms with Gasteiger partial charge in [0.05, 0.1) is 5.71 Å². The molecule has 2 aromatic rings. The lowest BCUT2D eigenvalue weighted by atomic mass is 9.98. The van der Waals surface area contributed by atoms with Gasteiger partial charge in [-0.05, 0) is 51.9 Å². The van der Waals surface area contributed by atoms with Gasteiger partial charge in [0.15, 0.2) is 0 Å². The molecule has 0 unspecified atom stereocenters. The van der Waals surface area contributed by atoms with E-state index in [1.54, 1.807) is 0 Å². The summed E-state index contributed by atoms with van der Waals surface area (Å²) < 4.78 is 1.09. The number of nitrogens with one attached hydrogen (secondary N) is 1. The zero-order valence-corrected chi connectivity index (χ0v) is 16.5. The predicted molar refractivity (Wildman–Crippen MR) is 113 cm³/mol. The lowest BCUT2D eigenvalue weighted by Gasteiger charge is -2.15. The summed E-state index contributed by atoms with van der Waals surface area (Å²) in [6.45, 7) is 0. The third kappa shape index (κ3) is 3.02. The fourth-order valence-corrected chi connectivity index (χ4v) is 4.05. The molecule has 0 atom stereocenters. The molecule has 26 heavy (non-hydrogen) atoms. The molecule has 0 saturated carbocycles. The van der Waals surface area contributed by atoms with Crippen molar-refractivity contribution in [3.05, 3.63) is 73.9 Å². The van der Waals surface area contributed by atoms with Crippen molar-refractivity contribution in [3.8, 4) is 12.1 Å². The highest BCUT2D eigenvalue weighted by atomic mass is 127. The summed E-state index contributed by atoms with van der Waals surface area (Å²) in [5.41, 5.74) is 5.08. The highest BCUT2D eigenvalue weighted by molar-refractivity contribution is 14.1. The molecule has 5 heteroatoms. The van der Waals surface area contributed by atoms with Crippen LogP contribution in [-0.4, -0.2) is 19.8 Å². The number of fused-ring (bicyclic) bond motifs is 1. The second kappa shape index (κ2) is 7.15. The van der Waals surface area contributed by atoms with Crippen molar-refractivity contribution in [1.82, 2.24) is 0 Å². The SMILES string of the molecule is CN(C)c1ccc(/C=C2\C(=N)c3ccccc3C2=C(C#N)C#N)cc1I. The van der Waals surface area contributed by atoms with Crippen molar-refractivity contribution >= 4 is 45.6 Å². The third-order valence-corrected chi connectivity index (χ3v) is 5.11. The van der Waals surface area contributed by atoms with Gasteiger partial charge in [0.1, 0.15) is 17.7 Å². The molecule has 1 aliphatic carbocycles. The molecule has 0 amide bonds. The van der Waals surface area contributed by atoms with Crippen molar-refractivity contribution in [3.63, 3.8) is 0 Å². The van der Waals surface area contributed by atoms with E-state index in [1.807, 2.05) is 79.7 Å². The number of anilines is 1. The van der Waals surface area contributed by atoms with Crippen molar-refractivity contribution in [2.45, 2.75) is 0 Å². The van der Waals surface area contributed by atoms with Crippen LogP contribution in [0, 0.1) is 31.6 Å². The Morgan fingerprint density at radius 2 is 1.73 bits per heavy atom. The summed E-state index contributed by atoms with van der Waals surface area (Å²) >= 11 is 2.29. The van der Waals surface area contributed by atoms with Crippen LogP contribution in [0.4, 0.5) is 5.69 Å². The average molecular weight is 450 g/mol. The Morgan fingerprint density at radius 3 is 2.31 bits per heavy atom. The largest absolute Gasteiger partial charge is 0.377 e. The fraction of sp³-hybridized carbons (Fsp3) is 0.0952. The molecule has 4 nitrogen and oxygen atoms in total. The van der Waals surface area contributed by atoms with Crippen LogP contribution in [0.2, 0.25) is 0 Å². The number of halogens is 1. The summed E-state index contributed by atoms with van der Waals surface area (Å²) in [5, 5.41) is 27.3. The number of benzene rings is 2. The van der Waals surface area contributed by atoms with E-state index in [1.165, 1.54) is 0 Å². The summed E-state index contributed by atoms with van der Waals surface area (Å²) in [4.78, 5) is 2.04. The van der Waals surface area contributed by atoms with Crippen LogP contribution in [0.5, 0.6) is 0 Å². The predicted octanol–water partition coefficient (Wildman–Crippen LogP) is 4.62. The number of hydrogen-bond acceptors (Lipinski definition) is 4. The number of nitriles is 2. The molecule has 2 aromatic carbocycles. The molecular weight excluding hydrogens is 435 g/mol. The van der Waals surface area contributed by atoms with Crippen molar-refractivity contribution in [1.29, 1.82) is 15.9 Å². The van der Waals surface area contributed by atoms with Gasteiger partial charge >= 0.3 is 0 Å². The Morgan fingerprint density at radius 1 is 1.08 bits per heavy atom. The zero-order valence-electron chi connectivity index (χ0n) is 14.3. The quantitative estimate of drug-likeness (QED) is 0.536. The van der Waals surface area contributed by atoms with Crippen molar-refractivity contribution in [2.75, 3.05) is 19.0 Å². The molecule has 0 aromatic heterocycles. The Bertz CT molecular complexity index is 1050. The van der Waals surface area contributed by atoms with Crippen LogP contribution in [0.3, 0.4) is 0 Å². The summed E-state index contributed by atoms with van der Waals surface area (Å²) in [6, 6.07) is 17.4. The molecule has 0 saturated heterocycles. The maximum Gasteiger partial charge on any atom is 0.138 e. The first-order chi connectivity index (χ1) is 12.5. The smallest absolute Gasteiger partial charge is 0.138 e. The molecule has 1 N–H and O–H groups in total. The maximum atomic E-state index is 9.39. The highest BCUT2D eigenvalue weighted by Crippen LogP contribution is 2.39. The van der Waals surface area contributed by atoms with Crippen LogP contribution in [0.25, 0.3) is 11.6 Å². The highest BCUT2D eigenvalue weighted by Gasteiger charge is 2.29. The monoisotopic (exact) mass is 450 g/mol. The van der Waals surface area contributed by atoms with Gasteiger partial charge in [0.25, 0.3) is 0 Å². The van der Waals surface area contributed by atoms with Gasteiger partial charge in [-0.2, -0.15) is 10.5 Å². The molecule has 0 fully saturated rings. The molecule has 0 aliphatic heterocycles. The van der Waals surface area contributed by atoms with Crippen LogP contribution in [-0.2, 0) is 0 Å². The first kappa shape index (κ1) is 17.9. The van der Waals surface area contributed by atoms with Gasteiger partial charge in [-0.1, -0.05) is 30.3 Å². The van der Waals surface area contributed by atoms with E-state index in [2.05, 4.69) is 22.6 Å². The van der Waals surface area contributed by atoms with Gasteiger partial charge in [-0.25, -0.2) is 0 Å². The topological polar surface area (TPSA) is 74.7 Å². The minimum Gasteiger partial charge on any atom is -0.377 e. The Kier molecular flexibility index (Phi) is 4.92. The molecule has 3 rings (SSSR count). The summed E-state index contributed by atoms with van der Waals surface area (Å²) in [7, 11) is 3.98. The molecule has 126 valence electrons. The first-order valence-electron chi connectivity index (χ1n) is 7.90. The van der Waals surface area contributed by atoms with E-state index >= 15 is 0 Å². The van der Waals surface area contributed by atoms with Gasteiger partial charge < -0.3 is 4.90 Å². The average Bonchev–Trinajstić information content (AvgIpc) is 2.89. The van der Waals surface area contributed by atoms with E-state index in [9.17, 15) is 10.5 Å². The molecule has 0 radical (unpaired) electrons. The number of nitrogens with zero attached hydrogens (tertiary/aromatic N) is 3. The van der Waals surface area contributed by atoms with E-state index in [-0.39, 0.29) is 5.57 Å². The number of allylic oxidation sites excluding steroid dienone is 3. The lowest BCUT2D eigenvalue weighted by molar-refractivity contribution is 1.12. The van der Waals surface area contributed by atoms with Gasteiger partial charge in [0, 0.05) is 40.1 Å². The molecule has 0 bridgehead atoms. The van der Waals surface area contributed by atoms with Crippen LogP contribution in [0.1, 0.15) is 16.7 Å². The summed E-state index contributed by atoms with van der Waals surface area (Å²) in [5.74, 6) is 0. The Hall–Kier alpha value is -2.90. The van der Waals surface area contributed by atoms with Crippen molar-refractivity contribution in [2.24, 2.45) is 0 Å². The number of hydrogen-bond donors (Lipinski definition) is 1. The Labute approximate surface area is 166 Å². The molecule has 0 heterocycles. The van der Waals surface area contributed by atoms with Crippen LogP contribution >= 0.6 is 22.6 Å². The lowest BCUT2D eigenvalue weighted by Crippen LogP contribution is -2.10. The maximum absolute atomic E-state index is 9.39. The molecular formula is C21H15IN4. The van der Waals surface area contributed by atoms with Crippen molar-refractivity contribution < 1.29 is 0 Å². The van der Waals surface area contributed by atoms with Gasteiger partial charge in [0.2, 0.25) is 0 Å². The van der Waals surface area contributed by atoms with E-state index in [4.69, 9.17) is 5.41 Å². The minimum absolute atomic E-state index is 0.0329. The van der Waals surface area contributed by atoms with E-state index < -0.39 is 0 Å². The van der Waals surface area contributed by atoms with Gasteiger partial charge in [-0.15, -0.1) is 0 Å². The first-order valence-corrected chi connectivity index (χ1v) is 8.98. The van der Waals surface area contributed by atoms with Crippen LogP contribution < -0.4 is 4.90 Å². The normalized spacial score (nSPS) is 14.0. The number of rotatable bonds is 2. The molecule has 0 spiro atoms. The van der Waals surface area contributed by atoms with Gasteiger partial charge in [-0.3, -0.25) is 5.41 Å². The molecule has 1 aliphatic rings. The zero-order chi connectivity index (χ0) is 18.8. The Balaban J connectivity index is 2.21. The third-order valence-electron chi connectivity index (χ3n) is 4.24. The van der Waals surface area contributed by atoms with Crippen LogP contribution in [0.15, 0.2) is 53.6 Å². The minimum atomic E-state index is 0.0329. The second-order valence-corrected chi connectivity index (χ2v) is 7.22. The second-order valence-electron chi connectivity index (χ2n) is 6.06. The van der Waals surface area contributed by atoms with E-state index in [0.717, 1.165) is 25.9 Å². The summed E-state index contributed by atoms with van der Waals surface area (Å²) in [6.07, 6.45) is 1.88. The standard InChI is InChI=1S/C21H15IN4/c1-26(2)19-8-7-13(10-18(19)22)9-17-20(14(11-23)12-24)15-5-3-4-6-16(15)21(17)25/h3-10,25H,1-2H3/b17-9-,25-21?. The fourth-order valence-electron chi connectivity index (χ4n) is 3.03.